The van der Waals surface area contributed by atoms with Gasteiger partial charge in [-0.3, -0.25) is 0 Å². The van der Waals surface area contributed by atoms with E-state index in [1.807, 2.05) is 30.3 Å². The number of anilines is 1. The number of nitrogens with zero attached hydrogens (tertiary/aromatic N) is 2. The zero-order valence-electron chi connectivity index (χ0n) is 10.2. The lowest BCUT2D eigenvalue weighted by Gasteiger charge is -2.15. The molecule has 2 rings (SSSR count). The summed E-state index contributed by atoms with van der Waals surface area (Å²) in [6, 6.07) is 9.75. The standard InChI is InChI=1S/C13H16ClN3/c1-13(2,3)11-10(14)12(15)17(16-11)9-7-5-4-6-8-9/h4-8H,15H2,1-3H3. The number of hydrogen-bond acceptors (Lipinski definition) is 2. The maximum absolute atomic E-state index is 6.24. The van der Waals surface area contributed by atoms with Crippen LogP contribution in [0, 0.1) is 0 Å². The van der Waals surface area contributed by atoms with E-state index in [9.17, 15) is 0 Å². The first-order valence-electron chi connectivity index (χ1n) is 5.51. The minimum Gasteiger partial charge on any atom is -0.382 e. The van der Waals surface area contributed by atoms with Gasteiger partial charge in [-0.05, 0) is 12.1 Å². The van der Waals surface area contributed by atoms with Crippen molar-refractivity contribution < 1.29 is 0 Å². The molecule has 0 amide bonds. The Morgan fingerprint density at radius 1 is 1.18 bits per heavy atom. The van der Waals surface area contributed by atoms with Gasteiger partial charge in [0.2, 0.25) is 0 Å². The molecule has 2 aromatic rings. The fourth-order valence-electron chi connectivity index (χ4n) is 1.66. The van der Waals surface area contributed by atoms with Gasteiger partial charge >= 0.3 is 0 Å². The number of para-hydroxylation sites is 1. The van der Waals surface area contributed by atoms with Gasteiger partial charge in [-0.25, -0.2) is 4.68 Å². The lowest BCUT2D eigenvalue weighted by molar-refractivity contribution is 0.560. The van der Waals surface area contributed by atoms with Crippen LogP contribution in [-0.2, 0) is 5.41 Å². The van der Waals surface area contributed by atoms with Crippen molar-refractivity contribution in [2.75, 3.05) is 5.73 Å². The van der Waals surface area contributed by atoms with Gasteiger partial charge in [0.15, 0.2) is 0 Å². The van der Waals surface area contributed by atoms with Gasteiger partial charge in [0.1, 0.15) is 10.8 Å². The Hall–Kier alpha value is -1.48. The first-order chi connectivity index (χ1) is 7.91. The minimum absolute atomic E-state index is 0.120. The lowest BCUT2D eigenvalue weighted by atomic mass is 9.92. The second-order valence-corrected chi connectivity index (χ2v) is 5.42. The highest BCUT2D eigenvalue weighted by Crippen LogP contribution is 2.33. The van der Waals surface area contributed by atoms with E-state index >= 15 is 0 Å². The molecule has 0 saturated carbocycles. The molecule has 1 heterocycles. The van der Waals surface area contributed by atoms with Crippen molar-refractivity contribution in [1.82, 2.24) is 9.78 Å². The van der Waals surface area contributed by atoms with Crippen molar-refractivity contribution in [3.8, 4) is 5.69 Å². The molecule has 17 heavy (non-hydrogen) atoms. The number of benzene rings is 1. The highest BCUT2D eigenvalue weighted by atomic mass is 35.5. The molecular formula is C13H16ClN3. The molecule has 1 aromatic carbocycles. The first kappa shape index (κ1) is 12.0. The molecule has 0 aliphatic carbocycles. The molecule has 0 atom stereocenters. The van der Waals surface area contributed by atoms with Gasteiger partial charge < -0.3 is 5.73 Å². The summed E-state index contributed by atoms with van der Waals surface area (Å²) in [5.74, 6) is 0.489. The van der Waals surface area contributed by atoms with Crippen molar-refractivity contribution in [2.45, 2.75) is 26.2 Å². The van der Waals surface area contributed by atoms with Crippen LogP contribution in [0.25, 0.3) is 5.69 Å². The van der Waals surface area contributed by atoms with E-state index in [2.05, 4.69) is 25.9 Å². The van der Waals surface area contributed by atoms with Crippen molar-refractivity contribution >= 4 is 17.4 Å². The molecule has 0 aliphatic heterocycles. The second kappa shape index (κ2) is 4.08. The summed E-state index contributed by atoms with van der Waals surface area (Å²) in [6.07, 6.45) is 0. The molecule has 2 N–H and O–H groups in total. The molecule has 4 heteroatoms. The molecule has 0 fully saturated rings. The topological polar surface area (TPSA) is 43.8 Å². The summed E-state index contributed by atoms with van der Waals surface area (Å²) in [5.41, 5.74) is 7.62. The highest BCUT2D eigenvalue weighted by molar-refractivity contribution is 6.33. The van der Waals surface area contributed by atoms with Crippen molar-refractivity contribution in [3.05, 3.63) is 41.0 Å². The molecule has 0 unspecified atom stereocenters. The molecular weight excluding hydrogens is 234 g/mol. The van der Waals surface area contributed by atoms with E-state index in [-0.39, 0.29) is 5.41 Å². The third-order valence-corrected chi connectivity index (χ3v) is 2.94. The number of nitrogen functional groups attached to an aromatic ring is 1. The van der Waals surface area contributed by atoms with Gasteiger partial charge in [-0.2, -0.15) is 5.10 Å². The largest absolute Gasteiger partial charge is 0.382 e. The van der Waals surface area contributed by atoms with Gasteiger partial charge in [-0.1, -0.05) is 50.6 Å². The average Bonchev–Trinajstić information content (AvgIpc) is 2.57. The van der Waals surface area contributed by atoms with Crippen LogP contribution in [-0.4, -0.2) is 9.78 Å². The Labute approximate surface area is 106 Å². The van der Waals surface area contributed by atoms with Crippen LogP contribution in [0.4, 0.5) is 5.82 Å². The summed E-state index contributed by atoms with van der Waals surface area (Å²) in [4.78, 5) is 0. The Kier molecular flexibility index (Phi) is 2.87. The molecule has 0 bridgehead atoms. The van der Waals surface area contributed by atoms with Gasteiger partial charge in [0, 0.05) is 5.41 Å². The van der Waals surface area contributed by atoms with E-state index in [0.717, 1.165) is 11.4 Å². The minimum atomic E-state index is -0.120. The van der Waals surface area contributed by atoms with E-state index in [0.29, 0.717) is 10.8 Å². The number of hydrogen-bond donors (Lipinski definition) is 1. The quantitative estimate of drug-likeness (QED) is 0.842. The van der Waals surface area contributed by atoms with E-state index in [4.69, 9.17) is 17.3 Å². The maximum Gasteiger partial charge on any atom is 0.146 e. The highest BCUT2D eigenvalue weighted by Gasteiger charge is 2.25. The zero-order valence-corrected chi connectivity index (χ0v) is 11.0. The summed E-state index contributed by atoms with van der Waals surface area (Å²) in [6.45, 7) is 6.20. The Bertz CT molecular complexity index is 524. The third-order valence-electron chi connectivity index (χ3n) is 2.57. The van der Waals surface area contributed by atoms with Crippen LogP contribution in [0.2, 0.25) is 5.02 Å². The van der Waals surface area contributed by atoms with Gasteiger partial charge in [0.05, 0.1) is 11.4 Å². The molecule has 1 aromatic heterocycles. The average molecular weight is 250 g/mol. The zero-order chi connectivity index (χ0) is 12.6. The lowest BCUT2D eigenvalue weighted by Crippen LogP contribution is -2.13. The molecule has 0 spiro atoms. The molecule has 3 nitrogen and oxygen atoms in total. The van der Waals surface area contributed by atoms with E-state index < -0.39 is 0 Å². The summed E-state index contributed by atoms with van der Waals surface area (Å²) in [5, 5.41) is 5.05. The smallest absolute Gasteiger partial charge is 0.146 e. The van der Waals surface area contributed by atoms with Crippen LogP contribution in [0.3, 0.4) is 0 Å². The number of rotatable bonds is 1. The monoisotopic (exact) mass is 249 g/mol. The molecule has 0 aliphatic rings. The van der Waals surface area contributed by atoms with Crippen LogP contribution in [0.1, 0.15) is 26.5 Å². The normalized spacial score (nSPS) is 11.8. The van der Waals surface area contributed by atoms with Crippen LogP contribution < -0.4 is 5.73 Å². The fraction of sp³-hybridized carbons (Fsp3) is 0.308. The number of aromatic nitrogens is 2. The Morgan fingerprint density at radius 2 is 1.76 bits per heavy atom. The SMILES string of the molecule is CC(C)(C)c1nn(-c2ccccc2)c(N)c1Cl. The predicted octanol–water partition coefficient (Wildman–Crippen LogP) is 3.41. The van der Waals surface area contributed by atoms with Crippen molar-refractivity contribution in [3.63, 3.8) is 0 Å². The van der Waals surface area contributed by atoms with Gasteiger partial charge in [-0.15, -0.1) is 0 Å². The number of nitrogens with two attached hydrogens (primary N) is 1. The van der Waals surface area contributed by atoms with Crippen LogP contribution >= 0.6 is 11.6 Å². The molecule has 0 saturated heterocycles. The van der Waals surface area contributed by atoms with Crippen LogP contribution in [0.15, 0.2) is 30.3 Å². The van der Waals surface area contributed by atoms with Gasteiger partial charge in [0.25, 0.3) is 0 Å². The third kappa shape index (κ3) is 2.15. The fourth-order valence-corrected chi connectivity index (χ4v) is 2.06. The summed E-state index contributed by atoms with van der Waals surface area (Å²) >= 11 is 6.24. The number of halogens is 1. The first-order valence-corrected chi connectivity index (χ1v) is 5.89. The second-order valence-electron chi connectivity index (χ2n) is 5.05. The summed E-state index contributed by atoms with van der Waals surface area (Å²) < 4.78 is 1.68. The predicted molar refractivity (Wildman–Crippen MR) is 71.7 cm³/mol. The Morgan fingerprint density at radius 3 is 2.24 bits per heavy atom. The van der Waals surface area contributed by atoms with Crippen LogP contribution in [0.5, 0.6) is 0 Å². The van der Waals surface area contributed by atoms with Crippen molar-refractivity contribution in [2.24, 2.45) is 0 Å². The van der Waals surface area contributed by atoms with E-state index in [1.54, 1.807) is 4.68 Å². The molecule has 0 radical (unpaired) electrons. The van der Waals surface area contributed by atoms with E-state index in [1.165, 1.54) is 0 Å². The maximum atomic E-state index is 6.24. The summed E-state index contributed by atoms with van der Waals surface area (Å²) in [7, 11) is 0. The molecule has 90 valence electrons. The Balaban J connectivity index is 2.59. The van der Waals surface area contributed by atoms with Crippen molar-refractivity contribution in [1.29, 1.82) is 0 Å².